The van der Waals surface area contributed by atoms with E-state index < -0.39 is 5.60 Å². The maximum atomic E-state index is 12.6. The molecule has 118 valence electrons. The van der Waals surface area contributed by atoms with E-state index >= 15 is 0 Å². The summed E-state index contributed by atoms with van der Waals surface area (Å²) in [5.41, 5.74) is 0.289. The molecular formula is C21H17NO2. The summed E-state index contributed by atoms with van der Waals surface area (Å²) in [5, 5.41) is 13.4. The molecule has 0 aromatic heterocycles. The molecule has 1 N–H and O–H groups in total. The minimum atomic E-state index is -1.38. The van der Waals surface area contributed by atoms with Gasteiger partial charge in [-0.25, -0.2) is 0 Å². The molecule has 24 heavy (non-hydrogen) atoms. The molecule has 3 aromatic rings. The number of fused-ring (bicyclic) bond motifs is 1. The van der Waals surface area contributed by atoms with Crippen LogP contribution >= 0.6 is 0 Å². The summed E-state index contributed by atoms with van der Waals surface area (Å²) in [5.74, 6) is -0.239. The Labute approximate surface area is 140 Å². The average Bonchev–Trinajstić information content (AvgIpc) is 2.87. The molecule has 3 aromatic carbocycles. The molecule has 3 nitrogen and oxygen atoms in total. The number of hydrogen-bond acceptors (Lipinski definition) is 2. The largest absolute Gasteiger partial charge is 0.378 e. The predicted octanol–water partition coefficient (Wildman–Crippen LogP) is 3.63. The van der Waals surface area contributed by atoms with Gasteiger partial charge in [0.05, 0.1) is 6.54 Å². The van der Waals surface area contributed by atoms with E-state index in [1.165, 1.54) is 0 Å². The van der Waals surface area contributed by atoms with Crippen LogP contribution in [0, 0.1) is 0 Å². The van der Waals surface area contributed by atoms with Crippen molar-refractivity contribution in [3.63, 3.8) is 0 Å². The lowest BCUT2D eigenvalue weighted by atomic mass is 9.88. The zero-order chi connectivity index (χ0) is 16.7. The molecule has 1 heterocycles. The minimum absolute atomic E-state index is 0.174. The van der Waals surface area contributed by atoms with Gasteiger partial charge in [0.2, 0.25) is 0 Å². The van der Waals surface area contributed by atoms with Crippen molar-refractivity contribution in [3.8, 4) is 0 Å². The molecule has 1 aliphatic rings. The highest BCUT2D eigenvalue weighted by Gasteiger charge is 2.47. The Kier molecular flexibility index (Phi) is 3.25. The fourth-order valence-corrected chi connectivity index (χ4v) is 3.26. The number of nitrogens with zero attached hydrogens (tertiary/aromatic N) is 1. The number of aliphatic hydroxyl groups is 1. The first-order valence-corrected chi connectivity index (χ1v) is 7.87. The van der Waals surface area contributed by atoms with Crippen LogP contribution in [0.2, 0.25) is 0 Å². The van der Waals surface area contributed by atoms with Crippen LogP contribution in [0.3, 0.4) is 0 Å². The van der Waals surface area contributed by atoms with Gasteiger partial charge >= 0.3 is 0 Å². The van der Waals surface area contributed by atoms with Crippen molar-refractivity contribution in [1.29, 1.82) is 0 Å². The van der Waals surface area contributed by atoms with Gasteiger partial charge in [0.25, 0.3) is 5.91 Å². The Morgan fingerprint density at radius 1 is 0.917 bits per heavy atom. The Hall–Kier alpha value is -2.91. The normalized spacial score (nSPS) is 20.8. The summed E-state index contributed by atoms with van der Waals surface area (Å²) in [6, 6.07) is 23.1. The first-order valence-electron chi connectivity index (χ1n) is 7.87. The quantitative estimate of drug-likeness (QED) is 0.734. The Morgan fingerprint density at radius 2 is 1.58 bits per heavy atom. The van der Waals surface area contributed by atoms with E-state index in [1.807, 2.05) is 72.8 Å². The number of amides is 1. The summed E-state index contributed by atoms with van der Waals surface area (Å²) in [6.07, 6.45) is 0. The standard InChI is InChI=1S/C21H17NO2/c1-15-20(23)22(19-9-3-2-4-10-19)14-21(15,24)18-12-11-16-7-5-6-8-17(16)13-18/h2-13,24H,1,14H2. The van der Waals surface area contributed by atoms with Gasteiger partial charge in [-0.1, -0.05) is 61.2 Å². The topological polar surface area (TPSA) is 40.5 Å². The Balaban J connectivity index is 1.78. The number of rotatable bonds is 2. The second-order valence-corrected chi connectivity index (χ2v) is 6.13. The van der Waals surface area contributed by atoms with Crippen molar-refractivity contribution in [2.45, 2.75) is 5.60 Å². The zero-order valence-electron chi connectivity index (χ0n) is 13.1. The number of benzene rings is 3. The van der Waals surface area contributed by atoms with Gasteiger partial charge in [0.15, 0.2) is 0 Å². The van der Waals surface area contributed by atoms with Crippen LogP contribution in [0.5, 0.6) is 0 Å². The maximum absolute atomic E-state index is 12.6. The monoisotopic (exact) mass is 315 g/mol. The molecule has 1 unspecified atom stereocenters. The van der Waals surface area contributed by atoms with Gasteiger partial charge in [-0.05, 0) is 34.5 Å². The van der Waals surface area contributed by atoms with Crippen molar-refractivity contribution in [3.05, 3.63) is 90.5 Å². The third kappa shape index (κ3) is 2.14. The summed E-state index contributed by atoms with van der Waals surface area (Å²) in [4.78, 5) is 14.2. The van der Waals surface area contributed by atoms with E-state index in [-0.39, 0.29) is 18.0 Å². The highest BCUT2D eigenvalue weighted by Crippen LogP contribution is 2.39. The molecule has 3 heteroatoms. The fraction of sp³-hybridized carbons (Fsp3) is 0.0952. The van der Waals surface area contributed by atoms with Crippen LogP contribution in [0.1, 0.15) is 5.56 Å². The summed E-state index contributed by atoms with van der Waals surface area (Å²) >= 11 is 0. The highest BCUT2D eigenvalue weighted by molar-refractivity contribution is 6.10. The van der Waals surface area contributed by atoms with Gasteiger partial charge in [-0.15, -0.1) is 0 Å². The lowest BCUT2D eigenvalue weighted by Gasteiger charge is -2.24. The summed E-state index contributed by atoms with van der Waals surface area (Å²) in [6.45, 7) is 4.05. The molecule has 1 aliphatic heterocycles. The Bertz CT molecular complexity index is 948. The zero-order valence-corrected chi connectivity index (χ0v) is 13.1. The van der Waals surface area contributed by atoms with Crippen molar-refractivity contribution in [2.75, 3.05) is 11.4 Å². The molecule has 0 spiro atoms. The molecule has 0 radical (unpaired) electrons. The second kappa shape index (κ2) is 5.32. The van der Waals surface area contributed by atoms with E-state index in [0.29, 0.717) is 5.56 Å². The van der Waals surface area contributed by atoms with Gasteiger partial charge in [-0.3, -0.25) is 4.79 Å². The van der Waals surface area contributed by atoms with Crippen LogP contribution in [0.25, 0.3) is 10.8 Å². The van der Waals surface area contributed by atoms with Crippen LogP contribution in [-0.2, 0) is 10.4 Å². The van der Waals surface area contributed by atoms with Crippen molar-refractivity contribution in [2.24, 2.45) is 0 Å². The number of carbonyl (C=O) groups excluding carboxylic acids is 1. The third-order valence-electron chi connectivity index (χ3n) is 4.68. The van der Waals surface area contributed by atoms with Crippen molar-refractivity contribution < 1.29 is 9.90 Å². The number of anilines is 1. The number of hydrogen-bond donors (Lipinski definition) is 1. The molecule has 1 saturated heterocycles. The first kappa shape index (κ1) is 14.7. The molecule has 0 bridgehead atoms. The lowest BCUT2D eigenvalue weighted by Crippen LogP contribution is -2.31. The van der Waals surface area contributed by atoms with Gasteiger partial charge < -0.3 is 10.0 Å². The lowest BCUT2D eigenvalue weighted by molar-refractivity contribution is -0.114. The molecule has 4 rings (SSSR count). The van der Waals surface area contributed by atoms with Gasteiger partial charge in [0.1, 0.15) is 5.60 Å². The highest BCUT2D eigenvalue weighted by atomic mass is 16.3. The smallest absolute Gasteiger partial charge is 0.257 e. The molecule has 1 amide bonds. The summed E-state index contributed by atoms with van der Waals surface area (Å²) in [7, 11) is 0. The molecule has 0 aliphatic carbocycles. The number of β-amino-alcohol motifs (C(OH)–C–C–N with tert-alkyl or cyclic N) is 1. The van der Waals surface area contributed by atoms with E-state index in [1.54, 1.807) is 4.90 Å². The van der Waals surface area contributed by atoms with Crippen LogP contribution in [-0.4, -0.2) is 17.6 Å². The second-order valence-electron chi connectivity index (χ2n) is 6.13. The number of para-hydroxylation sites is 1. The van der Waals surface area contributed by atoms with E-state index in [9.17, 15) is 9.90 Å². The molecule has 0 saturated carbocycles. The summed E-state index contributed by atoms with van der Waals surface area (Å²) < 4.78 is 0. The predicted molar refractivity (Wildman–Crippen MR) is 95.8 cm³/mol. The average molecular weight is 315 g/mol. The van der Waals surface area contributed by atoms with E-state index in [4.69, 9.17) is 0 Å². The molecular weight excluding hydrogens is 298 g/mol. The number of carbonyl (C=O) groups is 1. The van der Waals surface area contributed by atoms with Crippen molar-refractivity contribution in [1.82, 2.24) is 0 Å². The molecule has 1 fully saturated rings. The van der Waals surface area contributed by atoms with Crippen LogP contribution in [0.15, 0.2) is 84.9 Å². The van der Waals surface area contributed by atoms with E-state index in [0.717, 1.165) is 16.5 Å². The minimum Gasteiger partial charge on any atom is -0.378 e. The third-order valence-corrected chi connectivity index (χ3v) is 4.68. The van der Waals surface area contributed by atoms with E-state index in [2.05, 4.69) is 6.58 Å². The van der Waals surface area contributed by atoms with Crippen molar-refractivity contribution >= 4 is 22.4 Å². The van der Waals surface area contributed by atoms with Gasteiger partial charge in [0, 0.05) is 11.3 Å². The molecule has 1 atom stereocenters. The van der Waals surface area contributed by atoms with Gasteiger partial charge in [-0.2, -0.15) is 0 Å². The SMILES string of the molecule is C=C1C(=O)N(c2ccccc2)CC1(O)c1ccc2ccccc2c1. The van der Waals surface area contributed by atoms with Crippen LogP contribution < -0.4 is 4.90 Å². The Morgan fingerprint density at radius 3 is 2.33 bits per heavy atom. The first-order chi connectivity index (χ1) is 11.6. The fourth-order valence-electron chi connectivity index (χ4n) is 3.26. The maximum Gasteiger partial charge on any atom is 0.257 e. The van der Waals surface area contributed by atoms with Crippen LogP contribution in [0.4, 0.5) is 5.69 Å².